The van der Waals surface area contributed by atoms with Gasteiger partial charge in [0.1, 0.15) is 4.83 Å². The maximum atomic E-state index is 12.8. The number of hydrogen-bond donors (Lipinski definition) is 1. The monoisotopic (exact) mass is 369 g/mol. The maximum absolute atomic E-state index is 12.8. The lowest BCUT2D eigenvalue weighted by atomic mass is 10.1. The molecule has 0 fully saturated rings. The fourth-order valence-electron chi connectivity index (χ4n) is 3.00. The molecule has 0 aliphatic heterocycles. The normalized spacial score (nSPS) is 11.1. The molecule has 1 aromatic carbocycles. The van der Waals surface area contributed by atoms with Crippen molar-refractivity contribution in [2.24, 2.45) is 0 Å². The number of aromatic nitrogens is 2. The molecular formula is C20H23N3O2S. The molecular weight excluding hydrogens is 346 g/mol. The van der Waals surface area contributed by atoms with Gasteiger partial charge in [0.05, 0.1) is 16.6 Å². The van der Waals surface area contributed by atoms with Gasteiger partial charge in [-0.15, -0.1) is 11.3 Å². The van der Waals surface area contributed by atoms with E-state index in [-0.39, 0.29) is 11.5 Å². The smallest absolute Gasteiger partial charge is 0.266 e. The predicted octanol–water partition coefficient (Wildman–Crippen LogP) is 4.44. The van der Waals surface area contributed by atoms with Gasteiger partial charge >= 0.3 is 0 Å². The van der Waals surface area contributed by atoms with Crippen LogP contribution in [0.1, 0.15) is 46.1 Å². The highest BCUT2D eigenvalue weighted by atomic mass is 32.1. The number of rotatable bonds is 5. The topological polar surface area (TPSA) is 64.0 Å². The molecule has 1 N–H and O–H groups in total. The third-order valence-corrected chi connectivity index (χ3v) is 5.70. The summed E-state index contributed by atoms with van der Waals surface area (Å²) in [6, 6.07) is 5.90. The molecule has 26 heavy (non-hydrogen) atoms. The summed E-state index contributed by atoms with van der Waals surface area (Å²) >= 11 is 1.27. The standard InChI is InChI=1S/C20H23N3O2S/c1-5-6-9-23-11-21-19-16(20(23)25)14(4)17(26-19)18(24)22-15-8-7-12(2)10-13(15)3/h7-8,10-11H,5-6,9H2,1-4H3,(H,22,24). The first-order valence-corrected chi connectivity index (χ1v) is 9.61. The fourth-order valence-corrected chi connectivity index (χ4v) is 4.03. The van der Waals surface area contributed by atoms with Crippen molar-refractivity contribution < 1.29 is 4.79 Å². The number of hydrogen-bond acceptors (Lipinski definition) is 4. The molecule has 0 aliphatic rings. The van der Waals surface area contributed by atoms with Crippen molar-refractivity contribution in [2.45, 2.75) is 47.1 Å². The first-order chi connectivity index (χ1) is 12.4. The lowest BCUT2D eigenvalue weighted by Gasteiger charge is -2.08. The lowest BCUT2D eigenvalue weighted by molar-refractivity contribution is 0.103. The van der Waals surface area contributed by atoms with E-state index in [0.717, 1.165) is 29.7 Å². The van der Waals surface area contributed by atoms with Gasteiger partial charge in [-0.3, -0.25) is 14.2 Å². The van der Waals surface area contributed by atoms with Crippen LogP contribution in [0.5, 0.6) is 0 Å². The molecule has 0 radical (unpaired) electrons. The molecule has 1 amide bonds. The Morgan fingerprint density at radius 3 is 2.73 bits per heavy atom. The molecule has 0 atom stereocenters. The molecule has 0 bridgehead atoms. The van der Waals surface area contributed by atoms with Crippen LogP contribution < -0.4 is 10.9 Å². The number of unbranched alkanes of at least 4 members (excludes halogenated alkanes) is 1. The molecule has 6 heteroatoms. The molecule has 3 rings (SSSR count). The van der Waals surface area contributed by atoms with Crippen LogP contribution in [-0.2, 0) is 6.54 Å². The number of aryl methyl sites for hydroxylation is 4. The van der Waals surface area contributed by atoms with E-state index in [1.807, 2.05) is 39.0 Å². The Kier molecular flexibility index (Phi) is 5.23. The summed E-state index contributed by atoms with van der Waals surface area (Å²) in [5, 5.41) is 3.51. The van der Waals surface area contributed by atoms with Gasteiger partial charge in [-0.2, -0.15) is 0 Å². The van der Waals surface area contributed by atoms with Crippen molar-refractivity contribution in [1.29, 1.82) is 0 Å². The highest BCUT2D eigenvalue weighted by molar-refractivity contribution is 7.20. The molecule has 0 unspecified atom stereocenters. The van der Waals surface area contributed by atoms with Crippen LogP contribution >= 0.6 is 11.3 Å². The third kappa shape index (κ3) is 3.42. The van der Waals surface area contributed by atoms with Crippen LogP contribution in [-0.4, -0.2) is 15.5 Å². The second-order valence-corrected chi connectivity index (χ2v) is 7.60. The zero-order valence-corrected chi connectivity index (χ0v) is 16.4. The average molecular weight is 369 g/mol. The Morgan fingerprint density at radius 2 is 2.04 bits per heavy atom. The van der Waals surface area contributed by atoms with Crippen molar-refractivity contribution in [2.75, 3.05) is 5.32 Å². The molecule has 0 aliphatic carbocycles. The second kappa shape index (κ2) is 7.41. The van der Waals surface area contributed by atoms with Crippen LogP contribution in [0.2, 0.25) is 0 Å². The van der Waals surface area contributed by atoms with E-state index in [1.54, 1.807) is 10.9 Å². The number of thiophene rings is 1. The molecule has 0 spiro atoms. The zero-order chi connectivity index (χ0) is 18.8. The first-order valence-electron chi connectivity index (χ1n) is 8.79. The zero-order valence-electron chi connectivity index (χ0n) is 15.5. The van der Waals surface area contributed by atoms with Gasteiger partial charge in [0.25, 0.3) is 11.5 Å². The molecule has 5 nitrogen and oxygen atoms in total. The number of fused-ring (bicyclic) bond motifs is 1. The van der Waals surface area contributed by atoms with Crippen molar-refractivity contribution >= 4 is 33.1 Å². The Bertz CT molecular complexity index is 1030. The van der Waals surface area contributed by atoms with Gasteiger partial charge < -0.3 is 5.32 Å². The van der Waals surface area contributed by atoms with Crippen LogP contribution in [0.25, 0.3) is 10.2 Å². The number of anilines is 1. The molecule has 0 saturated heterocycles. The van der Waals surface area contributed by atoms with Crippen molar-refractivity contribution in [3.8, 4) is 0 Å². The SMILES string of the molecule is CCCCn1cnc2sc(C(=O)Nc3ccc(C)cc3C)c(C)c2c1=O. The van der Waals surface area contributed by atoms with E-state index in [9.17, 15) is 9.59 Å². The minimum Gasteiger partial charge on any atom is -0.321 e. The largest absolute Gasteiger partial charge is 0.321 e. The van der Waals surface area contributed by atoms with E-state index in [1.165, 1.54) is 11.3 Å². The van der Waals surface area contributed by atoms with Gasteiger partial charge in [0, 0.05) is 12.2 Å². The van der Waals surface area contributed by atoms with E-state index >= 15 is 0 Å². The van der Waals surface area contributed by atoms with E-state index in [4.69, 9.17) is 0 Å². The van der Waals surface area contributed by atoms with Gasteiger partial charge in [-0.05, 0) is 44.4 Å². The van der Waals surface area contributed by atoms with Crippen LogP contribution in [0.3, 0.4) is 0 Å². The summed E-state index contributed by atoms with van der Waals surface area (Å²) in [5.74, 6) is -0.197. The minimum atomic E-state index is -0.197. The maximum Gasteiger partial charge on any atom is 0.266 e. The van der Waals surface area contributed by atoms with E-state index in [0.29, 0.717) is 27.2 Å². The number of carbonyl (C=O) groups excluding carboxylic acids is 1. The summed E-state index contributed by atoms with van der Waals surface area (Å²) in [7, 11) is 0. The van der Waals surface area contributed by atoms with Crippen LogP contribution in [0.15, 0.2) is 29.3 Å². The summed E-state index contributed by atoms with van der Waals surface area (Å²) in [6.45, 7) is 8.54. The number of amides is 1. The number of benzene rings is 1. The molecule has 136 valence electrons. The predicted molar refractivity (Wildman–Crippen MR) is 107 cm³/mol. The number of nitrogens with one attached hydrogen (secondary N) is 1. The van der Waals surface area contributed by atoms with Crippen LogP contribution in [0, 0.1) is 20.8 Å². The van der Waals surface area contributed by atoms with Gasteiger partial charge in [-0.1, -0.05) is 31.0 Å². The number of nitrogens with zero attached hydrogens (tertiary/aromatic N) is 2. The second-order valence-electron chi connectivity index (χ2n) is 6.61. The highest BCUT2D eigenvalue weighted by Crippen LogP contribution is 2.28. The first kappa shape index (κ1) is 18.3. The van der Waals surface area contributed by atoms with E-state index in [2.05, 4.69) is 17.2 Å². The Hall–Kier alpha value is -2.47. The quantitative estimate of drug-likeness (QED) is 0.723. The molecule has 2 heterocycles. The summed E-state index contributed by atoms with van der Waals surface area (Å²) < 4.78 is 1.64. The minimum absolute atomic E-state index is 0.0669. The Labute approximate surface area is 156 Å². The van der Waals surface area contributed by atoms with Crippen molar-refractivity contribution in [3.05, 3.63) is 56.4 Å². The Balaban J connectivity index is 1.97. The third-order valence-electron chi connectivity index (χ3n) is 4.51. The molecule has 0 saturated carbocycles. The summed E-state index contributed by atoms with van der Waals surface area (Å²) in [5.41, 5.74) is 3.58. The van der Waals surface area contributed by atoms with Gasteiger partial charge in [0.15, 0.2) is 0 Å². The highest BCUT2D eigenvalue weighted by Gasteiger charge is 2.20. The van der Waals surface area contributed by atoms with E-state index < -0.39 is 0 Å². The Morgan fingerprint density at radius 1 is 1.27 bits per heavy atom. The van der Waals surface area contributed by atoms with Gasteiger partial charge in [-0.25, -0.2) is 4.98 Å². The molecule has 2 aromatic heterocycles. The molecule has 3 aromatic rings. The van der Waals surface area contributed by atoms with Crippen LogP contribution in [0.4, 0.5) is 5.69 Å². The summed E-state index contributed by atoms with van der Waals surface area (Å²) in [6.07, 6.45) is 3.52. The average Bonchev–Trinajstić information content (AvgIpc) is 2.94. The van der Waals surface area contributed by atoms with Gasteiger partial charge in [0.2, 0.25) is 0 Å². The van der Waals surface area contributed by atoms with Crippen molar-refractivity contribution in [3.63, 3.8) is 0 Å². The number of carbonyl (C=O) groups is 1. The fraction of sp³-hybridized carbons (Fsp3) is 0.350. The van der Waals surface area contributed by atoms with Crippen molar-refractivity contribution in [1.82, 2.24) is 9.55 Å². The summed E-state index contributed by atoms with van der Waals surface area (Å²) in [4.78, 5) is 31.1. The lowest BCUT2D eigenvalue weighted by Crippen LogP contribution is -2.20.